The monoisotopic (exact) mass is 249 g/mol. The SMILES string of the molecule is COC(=O)c1ccc(C)c(NC(=O)C(C)(C)C)c1. The van der Waals surface area contributed by atoms with Crippen LogP contribution in [-0.4, -0.2) is 19.0 Å². The summed E-state index contributed by atoms with van der Waals surface area (Å²) in [4.78, 5) is 23.3. The summed E-state index contributed by atoms with van der Waals surface area (Å²) in [5.74, 6) is -0.506. The van der Waals surface area contributed by atoms with Crippen LogP contribution in [0.4, 0.5) is 5.69 Å². The van der Waals surface area contributed by atoms with Crippen LogP contribution in [0.5, 0.6) is 0 Å². The largest absolute Gasteiger partial charge is 0.465 e. The third-order valence-corrected chi connectivity index (χ3v) is 2.59. The molecule has 0 aliphatic carbocycles. The highest BCUT2D eigenvalue weighted by atomic mass is 16.5. The summed E-state index contributed by atoms with van der Waals surface area (Å²) < 4.78 is 4.65. The average Bonchev–Trinajstić information content (AvgIpc) is 2.29. The van der Waals surface area contributed by atoms with Gasteiger partial charge in [0, 0.05) is 11.1 Å². The summed E-state index contributed by atoms with van der Waals surface area (Å²) in [6, 6.07) is 5.09. The van der Waals surface area contributed by atoms with E-state index >= 15 is 0 Å². The number of anilines is 1. The van der Waals surface area contributed by atoms with E-state index in [1.54, 1.807) is 18.2 Å². The molecule has 0 heterocycles. The number of carbonyl (C=O) groups excluding carboxylic acids is 2. The van der Waals surface area contributed by atoms with Gasteiger partial charge >= 0.3 is 5.97 Å². The number of hydrogen-bond acceptors (Lipinski definition) is 3. The predicted octanol–water partition coefficient (Wildman–Crippen LogP) is 2.77. The highest BCUT2D eigenvalue weighted by Crippen LogP contribution is 2.21. The van der Waals surface area contributed by atoms with Crippen LogP contribution in [-0.2, 0) is 9.53 Å². The zero-order chi connectivity index (χ0) is 13.9. The summed E-state index contributed by atoms with van der Waals surface area (Å²) >= 11 is 0. The van der Waals surface area contributed by atoms with Gasteiger partial charge in [-0.1, -0.05) is 26.8 Å². The summed E-state index contributed by atoms with van der Waals surface area (Å²) in [6.07, 6.45) is 0. The molecular weight excluding hydrogens is 230 g/mol. The van der Waals surface area contributed by atoms with Gasteiger partial charge in [0.25, 0.3) is 0 Å². The second kappa shape index (κ2) is 5.21. The molecule has 98 valence electrons. The molecule has 0 aromatic heterocycles. The highest BCUT2D eigenvalue weighted by molar-refractivity contribution is 5.97. The second-order valence-electron chi connectivity index (χ2n) is 5.23. The van der Waals surface area contributed by atoms with Crippen molar-refractivity contribution >= 4 is 17.6 Å². The number of hydrogen-bond donors (Lipinski definition) is 1. The van der Waals surface area contributed by atoms with Crippen LogP contribution in [0, 0.1) is 12.3 Å². The first-order valence-electron chi connectivity index (χ1n) is 5.76. The zero-order valence-electron chi connectivity index (χ0n) is 11.5. The summed E-state index contributed by atoms with van der Waals surface area (Å²) in [5.41, 5.74) is 1.48. The van der Waals surface area contributed by atoms with Crippen LogP contribution in [0.3, 0.4) is 0 Å². The fourth-order valence-corrected chi connectivity index (χ4v) is 1.31. The molecule has 1 aromatic rings. The van der Waals surface area contributed by atoms with Gasteiger partial charge in [0.05, 0.1) is 12.7 Å². The normalized spacial score (nSPS) is 10.9. The Kier molecular flexibility index (Phi) is 4.11. The standard InChI is InChI=1S/C14H19NO3/c1-9-6-7-10(12(16)18-5)8-11(9)15-13(17)14(2,3)4/h6-8H,1-5H3,(H,15,17). The minimum Gasteiger partial charge on any atom is -0.465 e. The maximum Gasteiger partial charge on any atom is 0.337 e. The van der Waals surface area contributed by atoms with Crippen molar-refractivity contribution in [2.24, 2.45) is 5.41 Å². The molecule has 1 rings (SSSR count). The van der Waals surface area contributed by atoms with Crippen molar-refractivity contribution in [3.8, 4) is 0 Å². The Morgan fingerprint density at radius 1 is 1.22 bits per heavy atom. The van der Waals surface area contributed by atoms with E-state index in [0.717, 1.165) is 5.56 Å². The maximum atomic E-state index is 11.9. The molecule has 0 aliphatic heterocycles. The van der Waals surface area contributed by atoms with Gasteiger partial charge in [0.15, 0.2) is 0 Å². The van der Waals surface area contributed by atoms with Crippen molar-refractivity contribution in [1.29, 1.82) is 0 Å². The third kappa shape index (κ3) is 3.32. The van der Waals surface area contributed by atoms with Crippen LogP contribution in [0.2, 0.25) is 0 Å². The van der Waals surface area contributed by atoms with Crippen molar-refractivity contribution in [3.63, 3.8) is 0 Å². The van der Waals surface area contributed by atoms with Gasteiger partial charge < -0.3 is 10.1 Å². The molecule has 0 bridgehead atoms. The predicted molar refractivity (Wildman–Crippen MR) is 70.6 cm³/mol. The number of ether oxygens (including phenoxy) is 1. The molecule has 1 aromatic carbocycles. The minimum absolute atomic E-state index is 0.0902. The van der Waals surface area contributed by atoms with Crippen LogP contribution < -0.4 is 5.32 Å². The van der Waals surface area contributed by atoms with Gasteiger partial charge in [-0.05, 0) is 24.6 Å². The first-order valence-corrected chi connectivity index (χ1v) is 5.76. The number of esters is 1. The van der Waals surface area contributed by atoms with Gasteiger partial charge in [0.2, 0.25) is 5.91 Å². The van der Waals surface area contributed by atoms with Crippen LogP contribution in [0.1, 0.15) is 36.7 Å². The first-order chi connectivity index (χ1) is 8.25. The fraction of sp³-hybridized carbons (Fsp3) is 0.429. The van der Waals surface area contributed by atoms with E-state index in [1.807, 2.05) is 27.7 Å². The molecule has 0 radical (unpaired) electrons. The lowest BCUT2D eigenvalue weighted by Gasteiger charge is -2.19. The van der Waals surface area contributed by atoms with Crippen LogP contribution in [0.15, 0.2) is 18.2 Å². The Morgan fingerprint density at radius 3 is 2.33 bits per heavy atom. The van der Waals surface area contributed by atoms with Crippen molar-refractivity contribution in [2.45, 2.75) is 27.7 Å². The van der Waals surface area contributed by atoms with Gasteiger partial charge in [0.1, 0.15) is 0 Å². The fourth-order valence-electron chi connectivity index (χ4n) is 1.31. The average molecular weight is 249 g/mol. The van der Waals surface area contributed by atoms with Crippen LogP contribution >= 0.6 is 0 Å². The van der Waals surface area contributed by atoms with Crippen molar-refractivity contribution in [2.75, 3.05) is 12.4 Å². The van der Waals surface area contributed by atoms with Gasteiger partial charge in [-0.3, -0.25) is 4.79 Å². The topological polar surface area (TPSA) is 55.4 Å². The molecule has 0 unspecified atom stereocenters. The molecule has 0 saturated carbocycles. The summed E-state index contributed by atoms with van der Waals surface area (Å²) in [6.45, 7) is 7.38. The Morgan fingerprint density at radius 2 is 1.83 bits per heavy atom. The lowest BCUT2D eigenvalue weighted by molar-refractivity contribution is -0.123. The number of amides is 1. The second-order valence-corrected chi connectivity index (χ2v) is 5.23. The Bertz CT molecular complexity index is 472. The molecule has 0 spiro atoms. The number of aryl methyl sites for hydroxylation is 1. The highest BCUT2D eigenvalue weighted by Gasteiger charge is 2.22. The van der Waals surface area contributed by atoms with E-state index in [1.165, 1.54) is 7.11 Å². The van der Waals surface area contributed by atoms with Crippen LogP contribution in [0.25, 0.3) is 0 Å². The van der Waals surface area contributed by atoms with Gasteiger partial charge in [-0.15, -0.1) is 0 Å². The summed E-state index contributed by atoms with van der Waals surface area (Å²) in [7, 11) is 1.33. The molecule has 18 heavy (non-hydrogen) atoms. The van der Waals surface area contributed by atoms with Crippen molar-refractivity contribution < 1.29 is 14.3 Å². The smallest absolute Gasteiger partial charge is 0.337 e. The Labute approximate surface area is 107 Å². The molecule has 0 fully saturated rings. The van der Waals surface area contributed by atoms with Gasteiger partial charge in [-0.2, -0.15) is 0 Å². The van der Waals surface area contributed by atoms with E-state index < -0.39 is 11.4 Å². The molecule has 4 nitrogen and oxygen atoms in total. The first kappa shape index (κ1) is 14.2. The molecule has 0 aliphatic rings. The zero-order valence-corrected chi connectivity index (χ0v) is 11.5. The van der Waals surface area contributed by atoms with E-state index in [-0.39, 0.29) is 5.91 Å². The Hall–Kier alpha value is -1.84. The molecule has 0 atom stereocenters. The van der Waals surface area contributed by atoms with Crippen molar-refractivity contribution in [3.05, 3.63) is 29.3 Å². The molecule has 1 N–H and O–H groups in total. The molecule has 0 saturated heterocycles. The van der Waals surface area contributed by atoms with E-state index in [0.29, 0.717) is 11.3 Å². The van der Waals surface area contributed by atoms with E-state index in [9.17, 15) is 9.59 Å². The van der Waals surface area contributed by atoms with E-state index in [2.05, 4.69) is 10.1 Å². The third-order valence-electron chi connectivity index (χ3n) is 2.59. The summed E-state index contributed by atoms with van der Waals surface area (Å²) in [5, 5.41) is 2.82. The Balaban J connectivity index is 3.02. The number of methoxy groups -OCH3 is 1. The molecular formula is C14H19NO3. The number of rotatable bonds is 2. The van der Waals surface area contributed by atoms with E-state index in [4.69, 9.17) is 0 Å². The maximum absolute atomic E-state index is 11.9. The van der Waals surface area contributed by atoms with Gasteiger partial charge in [-0.25, -0.2) is 4.79 Å². The lowest BCUT2D eigenvalue weighted by atomic mass is 9.95. The number of benzene rings is 1. The lowest BCUT2D eigenvalue weighted by Crippen LogP contribution is -2.28. The quantitative estimate of drug-likeness (QED) is 0.820. The molecule has 4 heteroatoms. The number of nitrogens with one attached hydrogen (secondary N) is 1. The number of carbonyl (C=O) groups is 2. The minimum atomic E-state index is -0.478. The van der Waals surface area contributed by atoms with Crippen molar-refractivity contribution in [1.82, 2.24) is 0 Å². The molecule has 1 amide bonds.